The lowest BCUT2D eigenvalue weighted by molar-refractivity contribution is -0.142. The van der Waals surface area contributed by atoms with Gasteiger partial charge in [-0.05, 0) is 76.0 Å². The SMILES string of the molecule is Cc1cc([C@]2(O)C[C@@H](C(=O)NCC3(C(=O)NS(=O)(=O)C4CC4)CC3)N(C(=O)[C@@H](NC(=O)OC(C)(C)C)C(C)(C)C)C2)ccc1F. The summed E-state index contributed by atoms with van der Waals surface area (Å²) in [6.45, 7) is 11.3. The summed E-state index contributed by atoms with van der Waals surface area (Å²) >= 11 is 0. The second kappa shape index (κ2) is 11.8. The first kappa shape index (κ1) is 34.6. The van der Waals surface area contributed by atoms with Crippen LogP contribution in [0.5, 0.6) is 0 Å². The number of hydrogen-bond acceptors (Lipinski definition) is 8. The zero-order valence-electron chi connectivity index (χ0n) is 27.0. The average Bonchev–Trinajstić information content (AvgIpc) is 3.82. The molecule has 0 spiro atoms. The van der Waals surface area contributed by atoms with Crippen LogP contribution in [0.3, 0.4) is 0 Å². The van der Waals surface area contributed by atoms with Crippen LogP contribution >= 0.6 is 0 Å². The van der Waals surface area contributed by atoms with E-state index in [1.165, 1.54) is 30.0 Å². The standard InChI is InChI=1S/C31H45FN4O8S/c1-18-14-19(8-11-21(18)32)31(41)15-22(24(37)33-16-30(12-13-30)26(39)35-45(42,43)20-9-10-20)36(17-31)25(38)23(28(2,3)4)34-27(40)44-29(5,6)7/h8,11,14,20,22-23,41H,9-10,12-13,15-17H2,1-7H3,(H,33,37)(H,34,40)(H,35,39)/t22-,23+,31-/m0/s1. The molecule has 1 aromatic rings. The third-order valence-corrected chi connectivity index (χ3v) is 10.3. The predicted molar refractivity (Wildman–Crippen MR) is 163 cm³/mol. The fourth-order valence-corrected chi connectivity index (χ4v) is 6.84. The molecule has 250 valence electrons. The quantitative estimate of drug-likeness (QED) is 0.315. The van der Waals surface area contributed by atoms with E-state index in [1.807, 2.05) is 0 Å². The number of rotatable bonds is 9. The highest BCUT2D eigenvalue weighted by Crippen LogP contribution is 2.46. The molecule has 3 aliphatic rings. The maximum Gasteiger partial charge on any atom is 0.408 e. The van der Waals surface area contributed by atoms with Crippen molar-refractivity contribution in [1.82, 2.24) is 20.3 Å². The number of likely N-dealkylation sites (tertiary alicyclic amines) is 1. The van der Waals surface area contributed by atoms with Crippen molar-refractivity contribution in [3.8, 4) is 0 Å². The average molecular weight is 653 g/mol. The number of aryl methyl sites for hydroxylation is 1. The van der Waals surface area contributed by atoms with Crippen molar-refractivity contribution in [1.29, 1.82) is 0 Å². The van der Waals surface area contributed by atoms with E-state index in [0.29, 0.717) is 31.2 Å². The summed E-state index contributed by atoms with van der Waals surface area (Å²) in [4.78, 5) is 54.8. The highest BCUT2D eigenvalue weighted by Gasteiger charge is 2.55. The van der Waals surface area contributed by atoms with Crippen molar-refractivity contribution >= 4 is 33.8 Å². The Morgan fingerprint density at radius 1 is 1.11 bits per heavy atom. The minimum Gasteiger partial charge on any atom is -0.444 e. The van der Waals surface area contributed by atoms with Gasteiger partial charge in [0.15, 0.2) is 0 Å². The van der Waals surface area contributed by atoms with Crippen LogP contribution in [0.15, 0.2) is 18.2 Å². The normalized spacial score (nSPS) is 23.6. The third kappa shape index (κ3) is 7.94. The molecule has 1 aliphatic heterocycles. The van der Waals surface area contributed by atoms with Gasteiger partial charge in [0, 0.05) is 13.0 Å². The van der Waals surface area contributed by atoms with Gasteiger partial charge < -0.3 is 25.4 Å². The largest absolute Gasteiger partial charge is 0.444 e. The Bertz CT molecular complexity index is 1480. The Balaban J connectivity index is 1.59. The summed E-state index contributed by atoms with van der Waals surface area (Å²) in [6, 6.07) is 1.67. The molecule has 1 heterocycles. The van der Waals surface area contributed by atoms with E-state index in [1.54, 1.807) is 41.5 Å². The predicted octanol–water partition coefficient (Wildman–Crippen LogP) is 2.37. The molecule has 4 rings (SSSR count). The lowest BCUT2D eigenvalue weighted by Gasteiger charge is -2.36. The van der Waals surface area contributed by atoms with E-state index in [-0.39, 0.29) is 25.1 Å². The first-order chi connectivity index (χ1) is 20.6. The van der Waals surface area contributed by atoms with E-state index in [9.17, 15) is 37.1 Å². The number of amides is 4. The molecule has 1 aromatic carbocycles. The van der Waals surface area contributed by atoms with E-state index in [4.69, 9.17) is 4.74 Å². The van der Waals surface area contributed by atoms with Crippen molar-refractivity contribution in [2.24, 2.45) is 10.8 Å². The summed E-state index contributed by atoms with van der Waals surface area (Å²) in [7, 11) is -3.77. The van der Waals surface area contributed by atoms with Crippen LogP contribution in [-0.4, -0.2) is 78.3 Å². The number of alkyl carbamates (subject to hydrolysis) is 1. The van der Waals surface area contributed by atoms with Crippen molar-refractivity contribution in [3.63, 3.8) is 0 Å². The molecular weight excluding hydrogens is 607 g/mol. The van der Waals surface area contributed by atoms with Gasteiger partial charge in [-0.25, -0.2) is 17.6 Å². The van der Waals surface area contributed by atoms with E-state index in [0.717, 1.165) is 0 Å². The molecule has 2 aliphatic carbocycles. The summed E-state index contributed by atoms with van der Waals surface area (Å²) in [5.41, 5.74) is -3.93. The molecular formula is C31H45FN4O8S. The number of sulfonamides is 1. The fraction of sp³-hybridized carbons (Fsp3) is 0.677. The molecule has 0 unspecified atom stereocenters. The van der Waals surface area contributed by atoms with Gasteiger partial charge in [-0.2, -0.15) is 0 Å². The van der Waals surface area contributed by atoms with Gasteiger partial charge in [0.25, 0.3) is 0 Å². The van der Waals surface area contributed by atoms with Gasteiger partial charge >= 0.3 is 6.09 Å². The topological polar surface area (TPSA) is 171 Å². The molecule has 45 heavy (non-hydrogen) atoms. The molecule has 0 aromatic heterocycles. The van der Waals surface area contributed by atoms with Gasteiger partial charge in [-0.1, -0.05) is 32.9 Å². The summed E-state index contributed by atoms with van der Waals surface area (Å²) in [5.74, 6) is -2.46. The molecule has 3 atom stereocenters. The van der Waals surface area contributed by atoms with Crippen molar-refractivity contribution in [2.45, 2.75) is 109 Å². The van der Waals surface area contributed by atoms with Crippen LogP contribution in [0.25, 0.3) is 0 Å². The van der Waals surface area contributed by atoms with Gasteiger partial charge in [-0.15, -0.1) is 0 Å². The number of β-amino-alcohol motifs (C(OH)–C–C–N with tert-alkyl or cyclic N) is 1. The molecule has 4 N–H and O–H groups in total. The Kier molecular flexibility index (Phi) is 9.10. The highest BCUT2D eigenvalue weighted by molar-refractivity contribution is 7.90. The molecule has 1 saturated heterocycles. The number of benzene rings is 1. The van der Waals surface area contributed by atoms with Gasteiger partial charge in [-0.3, -0.25) is 19.1 Å². The van der Waals surface area contributed by atoms with Crippen molar-refractivity contribution < 1.29 is 41.8 Å². The number of carbonyl (C=O) groups excluding carboxylic acids is 4. The monoisotopic (exact) mass is 652 g/mol. The zero-order chi connectivity index (χ0) is 33.8. The van der Waals surface area contributed by atoms with E-state index >= 15 is 0 Å². The highest BCUT2D eigenvalue weighted by atomic mass is 32.2. The molecule has 0 bridgehead atoms. The number of nitrogens with one attached hydrogen (secondary N) is 3. The second-order valence-corrected chi connectivity index (χ2v) is 16.8. The Morgan fingerprint density at radius 3 is 2.24 bits per heavy atom. The minimum absolute atomic E-state index is 0.163. The number of hydrogen-bond donors (Lipinski definition) is 4. The van der Waals surface area contributed by atoms with Crippen LogP contribution in [0.4, 0.5) is 9.18 Å². The summed E-state index contributed by atoms with van der Waals surface area (Å²) < 4.78 is 46.3. The molecule has 4 amide bonds. The fourth-order valence-electron chi connectivity index (χ4n) is 5.44. The first-order valence-electron chi connectivity index (χ1n) is 15.2. The first-order valence-corrected chi connectivity index (χ1v) is 16.7. The Hall–Kier alpha value is -3.26. The molecule has 14 heteroatoms. The molecule has 12 nitrogen and oxygen atoms in total. The van der Waals surface area contributed by atoms with Crippen LogP contribution < -0.4 is 15.4 Å². The van der Waals surface area contributed by atoms with Gasteiger partial charge in [0.05, 0.1) is 17.2 Å². The summed E-state index contributed by atoms with van der Waals surface area (Å²) in [5, 5.41) is 16.6. The smallest absolute Gasteiger partial charge is 0.408 e. The molecule has 0 radical (unpaired) electrons. The van der Waals surface area contributed by atoms with Crippen LogP contribution in [0, 0.1) is 23.6 Å². The number of nitrogens with zero attached hydrogens (tertiary/aromatic N) is 1. The Morgan fingerprint density at radius 2 is 1.73 bits per heavy atom. The van der Waals surface area contributed by atoms with Crippen molar-refractivity contribution in [3.05, 3.63) is 35.1 Å². The Labute approximate surface area is 263 Å². The van der Waals surface area contributed by atoms with E-state index in [2.05, 4.69) is 15.4 Å². The number of ether oxygens (including phenoxy) is 1. The lowest BCUT2D eigenvalue weighted by atomic mass is 9.85. The maximum atomic E-state index is 14.2. The van der Waals surface area contributed by atoms with Gasteiger partial charge in [0.2, 0.25) is 27.7 Å². The number of halogens is 1. The number of carbonyl (C=O) groups is 4. The van der Waals surface area contributed by atoms with E-state index < -0.39 is 79.0 Å². The summed E-state index contributed by atoms with van der Waals surface area (Å²) in [6.07, 6.45) is 0.658. The third-order valence-electron chi connectivity index (χ3n) is 8.53. The molecule has 2 saturated carbocycles. The van der Waals surface area contributed by atoms with Crippen LogP contribution in [0.1, 0.15) is 84.8 Å². The zero-order valence-corrected chi connectivity index (χ0v) is 27.8. The lowest BCUT2D eigenvalue weighted by Crippen LogP contribution is -2.58. The second-order valence-electron chi connectivity index (χ2n) is 14.8. The minimum atomic E-state index is -3.77. The molecule has 3 fully saturated rings. The van der Waals surface area contributed by atoms with Crippen LogP contribution in [-0.2, 0) is 34.7 Å². The van der Waals surface area contributed by atoms with Crippen LogP contribution in [0.2, 0.25) is 0 Å². The van der Waals surface area contributed by atoms with Crippen molar-refractivity contribution in [2.75, 3.05) is 13.1 Å². The number of aliphatic hydroxyl groups is 1. The van der Waals surface area contributed by atoms with Gasteiger partial charge in [0.1, 0.15) is 29.1 Å². The maximum absolute atomic E-state index is 14.2.